The van der Waals surface area contributed by atoms with Crippen molar-refractivity contribution >= 4 is 28.3 Å². The highest BCUT2D eigenvalue weighted by Gasteiger charge is 2.13. The van der Waals surface area contributed by atoms with Gasteiger partial charge in [0.25, 0.3) is 0 Å². The molecule has 3 rings (SSSR count). The van der Waals surface area contributed by atoms with Gasteiger partial charge >= 0.3 is 0 Å². The van der Waals surface area contributed by atoms with E-state index in [2.05, 4.69) is 4.98 Å². The van der Waals surface area contributed by atoms with Crippen molar-refractivity contribution < 1.29 is 0 Å². The van der Waals surface area contributed by atoms with Gasteiger partial charge in [-0.25, -0.2) is 4.98 Å². The van der Waals surface area contributed by atoms with Crippen molar-refractivity contribution in [3.8, 4) is 11.1 Å². The SMILES string of the molecule is NCc1c(N)nc2ccccc2c1-c1ccc(Cl)cc1. The number of nitrogen functional groups attached to an aromatic ring is 1. The molecule has 1 heterocycles. The smallest absolute Gasteiger partial charge is 0.129 e. The fourth-order valence-electron chi connectivity index (χ4n) is 2.42. The van der Waals surface area contributed by atoms with Crippen LogP contribution >= 0.6 is 11.6 Å². The Morgan fingerprint density at radius 1 is 1.00 bits per heavy atom. The van der Waals surface area contributed by atoms with Crippen molar-refractivity contribution in [2.24, 2.45) is 5.73 Å². The van der Waals surface area contributed by atoms with Gasteiger partial charge in [-0.05, 0) is 29.3 Å². The molecule has 4 N–H and O–H groups in total. The molecule has 3 aromatic rings. The number of hydrogen-bond acceptors (Lipinski definition) is 3. The molecule has 4 heteroatoms. The highest BCUT2D eigenvalue weighted by Crippen LogP contribution is 2.34. The van der Waals surface area contributed by atoms with Gasteiger partial charge < -0.3 is 11.5 Å². The first kappa shape index (κ1) is 12.9. The minimum absolute atomic E-state index is 0.349. The second kappa shape index (κ2) is 5.12. The lowest BCUT2D eigenvalue weighted by molar-refractivity contribution is 1.07. The molecule has 0 unspecified atom stereocenters. The molecule has 3 nitrogen and oxygen atoms in total. The Morgan fingerprint density at radius 2 is 1.70 bits per heavy atom. The fraction of sp³-hybridized carbons (Fsp3) is 0.0625. The van der Waals surface area contributed by atoms with E-state index in [0.717, 1.165) is 27.6 Å². The van der Waals surface area contributed by atoms with E-state index >= 15 is 0 Å². The Morgan fingerprint density at radius 3 is 2.40 bits per heavy atom. The van der Waals surface area contributed by atoms with Crippen LogP contribution in [0.15, 0.2) is 48.5 Å². The first-order valence-electron chi connectivity index (χ1n) is 6.34. The lowest BCUT2D eigenvalue weighted by Crippen LogP contribution is -2.06. The predicted molar refractivity (Wildman–Crippen MR) is 84.5 cm³/mol. The lowest BCUT2D eigenvalue weighted by Gasteiger charge is -2.14. The molecule has 20 heavy (non-hydrogen) atoms. The number of para-hydroxylation sites is 1. The summed E-state index contributed by atoms with van der Waals surface area (Å²) < 4.78 is 0. The van der Waals surface area contributed by atoms with Crippen molar-refractivity contribution in [1.82, 2.24) is 4.98 Å². The van der Waals surface area contributed by atoms with Crippen molar-refractivity contribution in [1.29, 1.82) is 0 Å². The van der Waals surface area contributed by atoms with E-state index < -0.39 is 0 Å². The molecule has 0 amide bonds. The fourth-order valence-corrected chi connectivity index (χ4v) is 2.55. The third-order valence-corrected chi connectivity index (χ3v) is 3.61. The van der Waals surface area contributed by atoms with E-state index in [1.54, 1.807) is 0 Å². The topological polar surface area (TPSA) is 64.9 Å². The number of rotatable bonds is 2. The third-order valence-electron chi connectivity index (χ3n) is 3.36. The van der Waals surface area contributed by atoms with E-state index in [9.17, 15) is 0 Å². The average Bonchev–Trinajstić information content (AvgIpc) is 2.47. The predicted octanol–water partition coefficient (Wildman–Crippen LogP) is 3.60. The number of hydrogen-bond donors (Lipinski definition) is 2. The molecule has 2 aromatic carbocycles. The first-order valence-corrected chi connectivity index (χ1v) is 6.71. The molecular weight excluding hydrogens is 270 g/mol. The Hall–Kier alpha value is -2.10. The van der Waals surface area contributed by atoms with Gasteiger partial charge in [0, 0.05) is 22.5 Å². The van der Waals surface area contributed by atoms with Gasteiger partial charge in [0.05, 0.1) is 5.52 Å². The summed E-state index contributed by atoms with van der Waals surface area (Å²) in [6.45, 7) is 0.349. The van der Waals surface area contributed by atoms with Crippen molar-refractivity contribution in [2.45, 2.75) is 6.54 Å². The number of aromatic nitrogens is 1. The highest BCUT2D eigenvalue weighted by atomic mass is 35.5. The summed E-state index contributed by atoms with van der Waals surface area (Å²) in [6.07, 6.45) is 0. The summed E-state index contributed by atoms with van der Waals surface area (Å²) >= 11 is 5.96. The Labute approximate surface area is 122 Å². The van der Waals surface area contributed by atoms with Crippen LogP contribution in [-0.4, -0.2) is 4.98 Å². The summed E-state index contributed by atoms with van der Waals surface area (Å²) in [5.74, 6) is 0.483. The normalized spacial score (nSPS) is 10.9. The number of nitrogens with zero attached hydrogens (tertiary/aromatic N) is 1. The minimum Gasteiger partial charge on any atom is -0.383 e. The molecule has 0 aliphatic rings. The van der Waals surface area contributed by atoms with E-state index in [0.29, 0.717) is 17.4 Å². The summed E-state index contributed by atoms with van der Waals surface area (Å²) in [5, 5.41) is 1.75. The molecule has 0 radical (unpaired) electrons. The second-order valence-corrected chi connectivity index (χ2v) is 5.02. The molecule has 0 saturated heterocycles. The van der Waals surface area contributed by atoms with Gasteiger partial charge in [-0.3, -0.25) is 0 Å². The van der Waals surface area contributed by atoms with Crippen LogP contribution in [0.2, 0.25) is 5.02 Å². The Balaban J connectivity index is 2.39. The molecular formula is C16H14ClN3. The number of pyridine rings is 1. The van der Waals surface area contributed by atoms with Gasteiger partial charge in [0.15, 0.2) is 0 Å². The molecule has 0 fully saturated rings. The quantitative estimate of drug-likeness (QED) is 0.755. The molecule has 0 spiro atoms. The van der Waals surface area contributed by atoms with Gasteiger partial charge in [0.1, 0.15) is 5.82 Å². The maximum absolute atomic E-state index is 6.05. The van der Waals surface area contributed by atoms with Crippen LogP contribution in [0.4, 0.5) is 5.82 Å². The highest BCUT2D eigenvalue weighted by molar-refractivity contribution is 6.30. The number of anilines is 1. The zero-order valence-corrected chi connectivity index (χ0v) is 11.6. The van der Waals surface area contributed by atoms with Crippen molar-refractivity contribution in [3.05, 3.63) is 59.1 Å². The molecule has 0 bridgehead atoms. The summed E-state index contributed by atoms with van der Waals surface area (Å²) in [5.41, 5.74) is 15.7. The lowest BCUT2D eigenvalue weighted by atomic mass is 9.95. The second-order valence-electron chi connectivity index (χ2n) is 4.58. The monoisotopic (exact) mass is 283 g/mol. The number of fused-ring (bicyclic) bond motifs is 1. The number of halogens is 1. The third kappa shape index (κ3) is 2.11. The average molecular weight is 284 g/mol. The van der Waals surface area contributed by atoms with Crippen LogP contribution in [0.1, 0.15) is 5.56 Å². The molecule has 100 valence electrons. The van der Waals surface area contributed by atoms with E-state index in [1.165, 1.54) is 0 Å². The van der Waals surface area contributed by atoms with Crippen LogP contribution in [0.25, 0.3) is 22.0 Å². The maximum atomic E-state index is 6.05. The standard InChI is InChI=1S/C16H14ClN3/c17-11-7-5-10(6-8-11)15-12-3-1-2-4-14(12)20-16(19)13(15)9-18/h1-8H,9,18H2,(H2,19,20). The van der Waals surface area contributed by atoms with Crippen LogP contribution in [0.3, 0.4) is 0 Å². The molecule has 0 saturated carbocycles. The minimum atomic E-state index is 0.349. The van der Waals surface area contributed by atoms with Crippen molar-refractivity contribution in [2.75, 3.05) is 5.73 Å². The van der Waals surface area contributed by atoms with Crippen LogP contribution < -0.4 is 11.5 Å². The zero-order valence-electron chi connectivity index (χ0n) is 10.8. The van der Waals surface area contributed by atoms with E-state index in [4.69, 9.17) is 23.1 Å². The van der Waals surface area contributed by atoms with Crippen LogP contribution in [0, 0.1) is 0 Å². The van der Waals surface area contributed by atoms with E-state index in [-0.39, 0.29) is 0 Å². The maximum Gasteiger partial charge on any atom is 0.129 e. The Kier molecular flexibility index (Phi) is 3.30. The van der Waals surface area contributed by atoms with Gasteiger partial charge in [-0.1, -0.05) is 41.9 Å². The summed E-state index contributed by atoms with van der Waals surface area (Å²) in [4.78, 5) is 4.42. The number of nitrogens with two attached hydrogens (primary N) is 2. The number of benzene rings is 2. The van der Waals surface area contributed by atoms with Crippen molar-refractivity contribution in [3.63, 3.8) is 0 Å². The van der Waals surface area contributed by atoms with Gasteiger partial charge in [-0.15, -0.1) is 0 Å². The largest absolute Gasteiger partial charge is 0.383 e. The molecule has 0 aliphatic heterocycles. The van der Waals surface area contributed by atoms with Crippen LogP contribution in [0.5, 0.6) is 0 Å². The summed E-state index contributed by atoms with van der Waals surface area (Å²) in [6, 6.07) is 15.6. The molecule has 0 atom stereocenters. The van der Waals surface area contributed by atoms with Gasteiger partial charge in [0.2, 0.25) is 0 Å². The first-order chi connectivity index (χ1) is 9.70. The van der Waals surface area contributed by atoms with Gasteiger partial charge in [-0.2, -0.15) is 0 Å². The van der Waals surface area contributed by atoms with E-state index in [1.807, 2.05) is 48.5 Å². The molecule has 1 aromatic heterocycles. The Bertz CT molecular complexity index is 767. The molecule has 0 aliphatic carbocycles. The summed E-state index contributed by atoms with van der Waals surface area (Å²) in [7, 11) is 0. The zero-order chi connectivity index (χ0) is 14.1. The van der Waals surface area contributed by atoms with Crippen LogP contribution in [-0.2, 0) is 6.54 Å².